The van der Waals surface area contributed by atoms with Crippen LogP contribution in [0.15, 0.2) is 0 Å². The third-order valence-corrected chi connectivity index (χ3v) is 4.64. The van der Waals surface area contributed by atoms with E-state index in [2.05, 4.69) is 31.0 Å². The van der Waals surface area contributed by atoms with Gasteiger partial charge in [0.2, 0.25) is 0 Å². The fraction of sp³-hybridized carbons (Fsp3) is 1.00. The van der Waals surface area contributed by atoms with Gasteiger partial charge in [-0.2, -0.15) is 0 Å². The molecule has 2 rings (SSSR count). The van der Waals surface area contributed by atoms with Crippen LogP contribution in [0.1, 0.15) is 46.5 Å². The summed E-state index contributed by atoms with van der Waals surface area (Å²) in [6.07, 6.45) is 5.68. The first-order valence-corrected chi connectivity index (χ1v) is 7.83. The van der Waals surface area contributed by atoms with E-state index in [1.54, 1.807) is 0 Å². The third kappa shape index (κ3) is 3.46. The van der Waals surface area contributed by atoms with Gasteiger partial charge in [0, 0.05) is 25.2 Å². The fourth-order valence-electron chi connectivity index (χ4n) is 3.55. The molecular weight excluding hydrogens is 224 g/mol. The first-order chi connectivity index (χ1) is 8.74. The van der Waals surface area contributed by atoms with Crippen molar-refractivity contribution in [1.29, 1.82) is 0 Å². The van der Waals surface area contributed by atoms with Crippen molar-refractivity contribution < 1.29 is 4.74 Å². The molecular formula is C15H30N2O. The Kier molecular flexibility index (Phi) is 5.46. The van der Waals surface area contributed by atoms with Crippen molar-refractivity contribution in [2.75, 3.05) is 26.2 Å². The van der Waals surface area contributed by atoms with Crippen LogP contribution in [0.3, 0.4) is 0 Å². The molecule has 0 aromatic rings. The van der Waals surface area contributed by atoms with Crippen LogP contribution in [0.5, 0.6) is 0 Å². The molecule has 3 nitrogen and oxygen atoms in total. The highest BCUT2D eigenvalue weighted by atomic mass is 16.5. The zero-order valence-corrected chi connectivity index (χ0v) is 12.3. The minimum Gasteiger partial charge on any atom is -0.376 e. The summed E-state index contributed by atoms with van der Waals surface area (Å²) in [7, 11) is 0. The zero-order valence-electron chi connectivity index (χ0n) is 12.3. The summed E-state index contributed by atoms with van der Waals surface area (Å²) in [5, 5.41) is 3.70. The molecule has 3 heteroatoms. The van der Waals surface area contributed by atoms with Gasteiger partial charge in [0.25, 0.3) is 0 Å². The predicted molar refractivity (Wildman–Crippen MR) is 75.9 cm³/mol. The first kappa shape index (κ1) is 14.3. The van der Waals surface area contributed by atoms with Gasteiger partial charge in [0.05, 0.1) is 12.7 Å². The van der Waals surface area contributed by atoms with E-state index in [9.17, 15) is 0 Å². The highest BCUT2D eigenvalue weighted by Crippen LogP contribution is 2.29. The van der Waals surface area contributed by atoms with E-state index in [0.717, 1.165) is 44.6 Å². The lowest BCUT2D eigenvalue weighted by Crippen LogP contribution is -2.57. The van der Waals surface area contributed by atoms with Gasteiger partial charge in [0.15, 0.2) is 0 Å². The maximum atomic E-state index is 5.81. The van der Waals surface area contributed by atoms with Crippen LogP contribution < -0.4 is 5.32 Å². The van der Waals surface area contributed by atoms with Gasteiger partial charge in [-0.05, 0) is 38.1 Å². The van der Waals surface area contributed by atoms with Gasteiger partial charge in [-0.15, -0.1) is 0 Å². The molecule has 1 saturated heterocycles. The Hall–Kier alpha value is -0.120. The highest BCUT2D eigenvalue weighted by Gasteiger charge is 2.34. The van der Waals surface area contributed by atoms with Crippen LogP contribution in [-0.4, -0.2) is 49.3 Å². The molecule has 1 heterocycles. The summed E-state index contributed by atoms with van der Waals surface area (Å²) < 4.78 is 5.81. The van der Waals surface area contributed by atoms with E-state index in [0.29, 0.717) is 12.1 Å². The SMILES string of the molecule is CCNC1CCC(C)CC1N1CCOC(CC)C1. The van der Waals surface area contributed by atoms with E-state index in [-0.39, 0.29) is 0 Å². The molecule has 1 aliphatic heterocycles. The summed E-state index contributed by atoms with van der Waals surface area (Å²) in [4.78, 5) is 2.70. The zero-order chi connectivity index (χ0) is 13.0. The standard InChI is InChI=1S/C15H30N2O/c1-4-13-11-17(8-9-18-13)15-10-12(3)6-7-14(15)16-5-2/h12-16H,4-11H2,1-3H3. The van der Waals surface area contributed by atoms with Crippen molar-refractivity contribution in [2.24, 2.45) is 5.92 Å². The van der Waals surface area contributed by atoms with E-state index >= 15 is 0 Å². The van der Waals surface area contributed by atoms with Crippen molar-refractivity contribution in [3.05, 3.63) is 0 Å². The Bertz CT molecular complexity index is 247. The molecule has 18 heavy (non-hydrogen) atoms. The number of nitrogens with zero attached hydrogens (tertiary/aromatic N) is 1. The first-order valence-electron chi connectivity index (χ1n) is 7.83. The van der Waals surface area contributed by atoms with Crippen LogP contribution in [0.4, 0.5) is 0 Å². The third-order valence-electron chi connectivity index (χ3n) is 4.64. The smallest absolute Gasteiger partial charge is 0.0700 e. The molecule has 1 N–H and O–H groups in total. The van der Waals surface area contributed by atoms with Crippen LogP contribution >= 0.6 is 0 Å². The predicted octanol–water partition coefficient (Wildman–Crippen LogP) is 2.26. The summed E-state index contributed by atoms with van der Waals surface area (Å²) in [5.74, 6) is 0.882. The van der Waals surface area contributed by atoms with Crippen LogP contribution in [0.25, 0.3) is 0 Å². The van der Waals surface area contributed by atoms with Crippen molar-refractivity contribution in [3.63, 3.8) is 0 Å². The Morgan fingerprint density at radius 2 is 2.11 bits per heavy atom. The Morgan fingerprint density at radius 3 is 2.83 bits per heavy atom. The maximum Gasteiger partial charge on any atom is 0.0700 e. The summed E-state index contributed by atoms with van der Waals surface area (Å²) in [6.45, 7) is 11.1. The van der Waals surface area contributed by atoms with Crippen molar-refractivity contribution in [2.45, 2.75) is 64.6 Å². The van der Waals surface area contributed by atoms with Crippen molar-refractivity contribution in [3.8, 4) is 0 Å². The number of likely N-dealkylation sites (N-methyl/N-ethyl adjacent to an activating group) is 1. The fourth-order valence-corrected chi connectivity index (χ4v) is 3.55. The van der Waals surface area contributed by atoms with E-state index < -0.39 is 0 Å². The van der Waals surface area contributed by atoms with Crippen LogP contribution in [0.2, 0.25) is 0 Å². The minimum absolute atomic E-state index is 0.457. The molecule has 2 aliphatic rings. The van der Waals surface area contributed by atoms with Gasteiger partial charge in [-0.1, -0.05) is 20.8 Å². The lowest BCUT2D eigenvalue weighted by atomic mass is 9.82. The number of ether oxygens (including phenoxy) is 1. The van der Waals surface area contributed by atoms with Crippen molar-refractivity contribution in [1.82, 2.24) is 10.2 Å². The normalized spacial score (nSPS) is 38.8. The molecule has 106 valence electrons. The quantitative estimate of drug-likeness (QED) is 0.833. The van der Waals surface area contributed by atoms with Gasteiger partial charge >= 0.3 is 0 Å². The number of hydrogen-bond acceptors (Lipinski definition) is 3. The number of nitrogens with one attached hydrogen (secondary N) is 1. The minimum atomic E-state index is 0.457. The second-order valence-corrected chi connectivity index (χ2v) is 6.05. The van der Waals surface area contributed by atoms with E-state index in [1.165, 1.54) is 19.3 Å². The van der Waals surface area contributed by atoms with Crippen LogP contribution in [0, 0.1) is 5.92 Å². The molecule has 0 bridgehead atoms. The molecule has 4 unspecified atom stereocenters. The molecule has 0 aromatic heterocycles. The Labute approximate surface area is 112 Å². The molecule has 2 fully saturated rings. The number of rotatable bonds is 4. The van der Waals surface area contributed by atoms with Gasteiger partial charge in [0.1, 0.15) is 0 Å². The molecule has 1 aliphatic carbocycles. The largest absolute Gasteiger partial charge is 0.376 e. The molecule has 0 spiro atoms. The van der Waals surface area contributed by atoms with Crippen molar-refractivity contribution >= 4 is 0 Å². The highest BCUT2D eigenvalue weighted by molar-refractivity contribution is 4.91. The van der Waals surface area contributed by atoms with Gasteiger partial charge < -0.3 is 10.1 Å². The molecule has 1 saturated carbocycles. The maximum absolute atomic E-state index is 5.81. The summed E-state index contributed by atoms with van der Waals surface area (Å²) in [6, 6.07) is 1.42. The monoisotopic (exact) mass is 254 g/mol. The molecule has 4 atom stereocenters. The van der Waals surface area contributed by atoms with Crippen LogP contribution in [-0.2, 0) is 4.74 Å². The second kappa shape index (κ2) is 6.88. The lowest BCUT2D eigenvalue weighted by Gasteiger charge is -2.45. The van der Waals surface area contributed by atoms with Gasteiger partial charge in [-0.25, -0.2) is 0 Å². The van der Waals surface area contributed by atoms with Gasteiger partial charge in [-0.3, -0.25) is 4.90 Å². The molecule has 0 radical (unpaired) electrons. The average molecular weight is 254 g/mol. The Morgan fingerprint density at radius 1 is 1.28 bits per heavy atom. The average Bonchev–Trinajstić information content (AvgIpc) is 2.41. The lowest BCUT2D eigenvalue weighted by molar-refractivity contribution is -0.0572. The Balaban J connectivity index is 1.97. The summed E-state index contributed by atoms with van der Waals surface area (Å²) in [5.41, 5.74) is 0. The number of morpholine rings is 1. The summed E-state index contributed by atoms with van der Waals surface area (Å²) >= 11 is 0. The number of hydrogen-bond donors (Lipinski definition) is 1. The topological polar surface area (TPSA) is 24.5 Å². The molecule has 0 amide bonds. The second-order valence-electron chi connectivity index (χ2n) is 6.05. The van der Waals surface area contributed by atoms with E-state index in [1.807, 2.05) is 0 Å². The molecule has 0 aromatic carbocycles. The van der Waals surface area contributed by atoms with E-state index in [4.69, 9.17) is 4.74 Å².